The largest absolute Gasteiger partial charge is 0.478 e. The van der Waals surface area contributed by atoms with Crippen molar-refractivity contribution in [2.24, 2.45) is 0 Å². The molecule has 1 N–H and O–H groups in total. The van der Waals surface area contributed by atoms with Crippen molar-refractivity contribution < 1.29 is 14.7 Å². The molecule has 0 fully saturated rings. The lowest BCUT2D eigenvalue weighted by atomic mass is 10.1. The summed E-state index contributed by atoms with van der Waals surface area (Å²) in [6.45, 7) is 2.37. The van der Waals surface area contributed by atoms with E-state index in [0.717, 1.165) is 0 Å². The molecule has 0 spiro atoms. The number of aromatic nitrogens is 5. The third-order valence-corrected chi connectivity index (χ3v) is 4.45. The van der Waals surface area contributed by atoms with Gasteiger partial charge in [-0.05, 0) is 24.6 Å². The number of pyridine rings is 1. The smallest absolute Gasteiger partial charge is 0.339 e. The summed E-state index contributed by atoms with van der Waals surface area (Å²) in [5.41, 5.74) is 1.61. The maximum absolute atomic E-state index is 13.7. The number of carboxylic acids is 1. The summed E-state index contributed by atoms with van der Waals surface area (Å²) in [5.74, 6) is -1.68. The van der Waals surface area contributed by atoms with Gasteiger partial charge in [-0.2, -0.15) is 10.2 Å². The fourth-order valence-corrected chi connectivity index (χ4v) is 3.16. The zero-order valence-corrected chi connectivity index (χ0v) is 15.6. The van der Waals surface area contributed by atoms with E-state index in [1.54, 1.807) is 35.0 Å². The maximum atomic E-state index is 13.7. The molecule has 0 bridgehead atoms. The van der Waals surface area contributed by atoms with Crippen LogP contribution in [0.25, 0.3) is 5.65 Å². The lowest BCUT2D eigenvalue weighted by Gasteiger charge is -2.23. The molecule has 0 saturated heterocycles. The number of carbonyl (C=O) groups excluding carboxylic acids is 1. The first-order valence-electron chi connectivity index (χ1n) is 9.08. The predicted molar refractivity (Wildman–Crippen MR) is 105 cm³/mol. The fourth-order valence-electron chi connectivity index (χ4n) is 3.16. The van der Waals surface area contributed by atoms with E-state index in [1.807, 2.05) is 25.1 Å². The summed E-state index contributed by atoms with van der Waals surface area (Å²) < 4.78 is 3.03. The molecule has 9 heteroatoms. The van der Waals surface area contributed by atoms with Crippen molar-refractivity contribution in [1.82, 2.24) is 24.4 Å². The molecule has 0 radical (unpaired) electrons. The summed E-state index contributed by atoms with van der Waals surface area (Å²) in [7, 11) is 0. The molecule has 1 aromatic carbocycles. The number of hydrogen-bond donors (Lipinski definition) is 1. The normalized spacial score (nSPS) is 10.9. The highest BCUT2D eigenvalue weighted by Crippen LogP contribution is 2.29. The molecule has 29 heavy (non-hydrogen) atoms. The van der Waals surface area contributed by atoms with Gasteiger partial charge in [0.1, 0.15) is 17.6 Å². The Kier molecular flexibility index (Phi) is 4.78. The number of para-hydroxylation sites is 1. The van der Waals surface area contributed by atoms with Gasteiger partial charge in [-0.25, -0.2) is 14.3 Å². The van der Waals surface area contributed by atoms with Crippen LogP contribution in [0.3, 0.4) is 0 Å². The van der Waals surface area contributed by atoms with Crippen LogP contribution in [0.4, 0.5) is 11.4 Å². The Morgan fingerprint density at radius 3 is 2.62 bits per heavy atom. The summed E-state index contributed by atoms with van der Waals surface area (Å²) in [5, 5.41) is 17.8. The Morgan fingerprint density at radius 1 is 1.10 bits per heavy atom. The van der Waals surface area contributed by atoms with Crippen LogP contribution in [0, 0.1) is 0 Å². The number of carboxylic acid groups (broad SMARTS) is 1. The highest BCUT2D eigenvalue weighted by atomic mass is 16.4. The first-order chi connectivity index (χ1) is 14.1. The van der Waals surface area contributed by atoms with Crippen molar-refractivity contribution in [3.63, 3.8) is 0 Å². The standard InChI is InChI=1S/C20H18N6O3/c1-2-9-25-18(16(12-22-25)20(28)29)19(27)26(14-6-4-3-5-7-14)15-8-10-24-17(11-15)21-13-23-24/h3-8,10-13H,2,9H2,1H3,(H,28,29). The van der Waals surface area contributed by atoms with E-state index in [2.05, 4.69) is 15.2 Å². The van der Waals surface area contributed by atoms with E-state index >= 15 is 0 Å². The van der Waals surface area contributed by atoms with Gasteiger partial charge in [0.2, 0.25) is 0 Å². The molecule has 4 rings (SSSR count). The van der Waals surface area contributed by atoms with E-state index in [0.29, 0.717) is 30.0 Å². The van der Waals surface area contributed by atoms with Crippen LogP contribution in [-0.4, -0.2) is 41.4 Å². The van der Waals surface area contributed by atoms with Gasteiger partial charge in [0.15, 0.2) is 5.65 Å². The van der Waals surface area contributed by atoms with E-state index in [4.69, 9.17) is 0 Å². The number of nitrogens with zero attached hydrogens (tertiary/aromatic N) is 6. The summed E-state index contributed by atoms with van der Waals surface area (Å²) in [6.07, 6.45) is 5.04. The van der Waals surface area contributed by atoms with E-state index in [1.165, 1.54) is 22.1 Å². The second-order valence-electron chi connectivity index (χ2n) is 6.36. The van der Waals surface area contributed by atoms with Crippen LogP contribution in [0.15, 0.2) is 61.2 Å². The number of carbonyl (C=O) groups is 2. The Bertz CT molecular complexity index is 1180. The van der Waals surface area contributed by atoms with Gasteiger partial charge in [-0.15, -0.1) is 0 Å². The lowest BCUT2D eigenvalue weighted by Crippen LogP contribution is -2.30. The zero-order valence-electron chi connectivity index (χ0n) is 15.6. The molecule has 9 nitrogen and oxygen atoms in total. The second-order valence-corrected chi connectivity index (χ2v) is 6.36. The number of rotatable bonds is 6. The van der Waals surface area contributed by atoms with Crippen molar-refractivity contribution >= 4 is 28.9 Å². The number of fused-ring (bicyclic) bond motifs is 1. The fraction of sp³-hybridized carbons (Fsp3) is 0.150. The van der Waals surface area contributed by atoms with Gasteiger partial charge >= 0.3 is 5.97 Å². The van der Waals surface area contributed by atoms with Crippen molar-refractivity contribution in [1.29, 1.82) is 0 Å². The van der Waals surface area contributed by atoms with Crippen molar-refractivity contribution in [3.05, 3.63) is 72.4 Å². The van der Waals surface area contributed by atoms with Crippen LogP contribution in [0.5, 0.6) is 0 Å². The third kappa shape index (κ3) is 3.33. The summed E-state index contributed by atoms with van der Waals surface area (Å²) in [6, 6.07) is 12.5. The highest BCUT2D eigenvalue weighted by molar-refractivity contribution is 6.14. The molecular formula is C20H18N6O3. The number of aryl methyl sites for hydroxylation is 1. The molecule has 0 aliphatic rings. The predicted octanol–water partition coefficient (Wildman–Crippen LogP) is 3.01. The average Bonchev–Trinajstić information content (AvgIpc) is 3.36. The second kappa shape index (κ2) is 7.55. The van der Waals surface area contributed by atoms with Crippen LogP contribution in [0.1, 0.15) is 34.2 Å². The molecule has 0 atom stereocenters. The minimum absolute atomic E-state index is 0.0320. The van der Waals surface area contributed by atoms with Crippen molar-refractivity contribution in [2.45, 2.75) is 19.9 Å². The maximum Gasteiger partial charge on any atom is 0.339 e. The molecule has 0 aliphatic carbocycles. The molecule has 3 aromatic heterocycles. The molecular weight excluding hydrogens is 372 g/mol. The Labute approximate surface area is 165 Å². The molecule has 1 amide bonds. The molecule has 0 saturated carbocycles. The quantitative estimate of drug-likeness (QED) is 0.542. The van der Waals surface area contributed by atoms with Gasteiger partial charge < -0.3 is 5.11 Å². The number of aromatic carboxylic acids is 1. The zero-order chi connectivity index (χ0) is 20.4. The topological polar surface area (TPSA) is 106 Å². The van der Waals surface area contributed by atoms with Crippen LogP contribution in [-0.2, 0) is 6.54 Å². The van der Waals surface area contributed by atoms with Crippen molar-refractivity contribution in [3.8, 4) is 0 Å². The van der Waals surface area contributed by atoms with Gasteiger partial charge in [0, 0.05) is 24.5 Å². The molecule has 0 unspecified atom stereocenters. The Hall–Kier alpha value is -4.01. The van der Waals surface area contributed by atoms with E-state index < -0.39 is 11.9 Å². The number of hydrogen-bond acceptors (Lipinski definition) is 5. The SMILES string of the molecule is CCCn1ncc(C(=O)O)c1C(=O)N(c1ccccc1)c1ccn2ncnc2c1. The third-order valence-electron chi connectivity index (χ3n) is 4.45. The number of anilines is 2. The van der Waals surface area contributed by atoms with E-state index in [9.17, 15) is 14.7 Å². The number of amides is 1. The van der Waals surface area contributed by atoms with Crippen molar-refractivity contribution in [2.75, 3.05) is 4.90 Å². The monoisotopic (exact) mass is 390 g/mol. The highest BCUT2D eigenvalue weighted by Gasteiger charge is 2.29. The van der Waals surface area contributed by atoms with Crippen LogP contribution < -0.4 is 4.90 Å². The summed E-state index contributed by atoms with van der Waals surface area (Å²) >= 11 is 0. The van der Waals surface area contributed by atoms with E-state index in [-0.39, 0.29) is 11.3 Å². The Morgan fingerprint density at radius 2 is 1.90 bits per heavy atom. The number of benzene rings is 1. The Balaban J connectivity index is 1.89. The van der Waals surface area contributed by atoms with Gasteiger partial charge in [0.25, 0.3) is 5.91 Å². The van der Waals surface area contributed by atoms with Gasteiger partial charge in [0.05, 0.1) is 11.9 Å². The average molecular weight is 390 g/mol. The minimum Gasteiger partial charge on any atom is -0.478 e. The van der Waals surface area contributed by atoms with Gasteiger partial charge in [-0.3, -0.25) is 14.4 Å². The van der Waals surface area contributed by atoms with Gasteiger partial charge in [-0.1, -0.05) is 25.1 Å². The first kappa shape index (κ1) is 18.4. The molecule has 0 aliphatic heterocycles. The van der Waals surface area contributed by atoms with Crippen LogP contribution in [0.2, 0.25) is 0 Å². The molecule has 3 heterocycles. The molecule has 4 aromatic rings. The minimum atomic E-state index is -1.20. The molecule has 146 valence electrons. The summed E-state index contributed by atoms with van der Waals surface area (Å²) in [4.78, 5) is 31.0. The first-order valence-corrected chi connectivity index (χ1v) is 9.08. The van der Waals surface area contributed by atoms with Crippen LogP contribution >= 0.6 is 0 Å². The lowest BCUT2D eigenvalue weighted by molar-refractivity contribution is 0.0691.